The lowest BCUT2D eigenvalue weighted by atomic mass is 10.1. The summed E-state index contributed by atoms with van der Waals surface area (Å²) >= 11 is 0. The van der Waals surface area contributed by atoms with E-state index < -0.39 is 16.8 Å². The number of benzene rings is 1. The van der Waals surface area contributed by atoms with Crippen LogP contribution in [0.4, 0.5) is 5.69 Å². The molecule has 0 aliphatic rings. The third-order valence-corrected chi connectivity index (χ3v) is 3.92. The SMILES string of the molecule is CCOC(=O)CCN(Cc1ccncc1)C(=O)c1ccc(OC)c([N+](=O)[O-])c1. The molecule has 1 amide bonds. The number of nitro benzene ring substituents is 1. The molecular weight excluding hydrogens is 366 g/mol. The molecule has 0 bridgehead atoms. The van der Waals surface area contributed by atoms with E-state index in [2.05, 4.69) is 4.98 Å². The van der Waals surface area contributed by atoms with Crippen molar-refractivity contribution in [3.05, 3.63) is 64.0 Å². The Morgan fingerprint density at radius 2 is 1.93 bits per heavy atom. The summed E-state index contributed by atoms with van der Waals surface area (Å²) in [6, 6.07) is 7.51. The Kier molecular flexibility index (Phi) is 7.44. The number of esters is 1. The fraction of sp³-hybridized carbons (Fsp3) is 0.316. The first-order valence-corrected chi connectivity index (χ1v) is 8.62. The van der Waals surface area contributed by atoms with E-state index in [1.807, 2.05) is 0 Å². The largest absolute Gasteiger partial charge is 0.490 e. The maximum atomic E-state index is 13.0. The number of hydrogen-bond donors (Lipinski definition) is 0. The number of aromatic nitrogens is 1. The van der Waals surface area contributed by atoms with Gasteiger partial charge in [-0.05, 0) is 36.8 Å². The topological polar surface area (TPSA) is 112 Å². The smallest absolute Gasteiger partial charge is 0.311 e. The predicted octanol–water partition coefficient (Wildman–Crippen LogP) is 2.59. The van der Waals surface area contributed by atoms with Crippen LogP contribution in [0.25, 0.3) is 0 Å². The van der Waals surface area contributed by atoms with Crippen molar-refractivity contribution in [2.24, 2.45) is 0 Å². The molecule has 0 radical (unpaired) electrons. The molecular formula is C19H21N3O6. The molecule has 9 nitrogen and oxygen atoms in total. The average molecular weight is 387 g/mol. The summed E-state index contributed by atoms with van der Waals surface area (Å²) < 4.78 is 9.88. The molecule has 9 heteroatoms. The van der Waals surface area contributed by atoms with E-state index in [0.717, 1.165) is 5.56 Å². The number of amides is 1. The summed E-state index contributed by atoms with van der Waals surface area (Å²) in [4.78, 5) is 40.7. The van der Waals surface area contributed by atoms with E-state index in [0.29, 0.717) is 0 Å². The molecule has 0 spiro atoms. The third-order valence-electron chi connectivity index (χ3n) is 3.92. The lowest BCUT2D eigenvalue weighted by Crippen LogP contribution is -2.33. The Morgan fingerprint density at radius 1 is 1.21 bits per heavy atom. The van der Waals surface area contributed by atoms with Crippen molar-refractivity contribution in [3.63, 3.8) is 0 Å². The van der Waals surface area contributed by atoms with Gasteiger partial charge in [-0.15, -0.1) is 0 Å². The fourth-order valence-electron chi connectivity index (χ4n) is 2.57. The number of ether oxygens (including phenoxy) is 2. The highest BCUT2D eigenvalue weighted by molar-refractivity contribution is 5.95. The third kappa shape index (κ3) is 5.50. The van der Waals surface area contributed by atoms with Crippen LogP contribution < -0.4 is 4.74 Å². The quantitative estimate of drug-likeness (QED) is 0.369. The van der Waals surface area contributed by atoms with Crippen molar-refractivity contribution in [3.8, 4) is 5.75 Å². The van der Waals surface area contributed by atoms with E-state index in [9.17, 15) is 19.7 Å². The van der Waals surface area contributed by atoms with Crippen molar-refractivity contribution in [1.82, 2.24) is 9.88 Å². The molecule has 0 fully saturated rings. The van der Waals surface area contributed by atoms with Gasteiger partial charge in [-0.1, -0.05) is 0 Å². The number of carbonyl (C=O) groups is 2. The number of nitrogens with zero attached hydrogens (tertiary/aromatic N) is 3. The highest BCUT2D eigenvalue weighted by Gasteiger charge is 2.22. The predicted molar refractivity (Wildman–Crippen MR) is 99.9 cm³/mol. The van der Waals surface area contributed by atoms with Crippen LogP contribution in [-0.2, 0) is 16.1 Å². The molecule has 0 aliphatic carbocycles. The first-order chi connectivity index (χ1) is 13.5. The first kappa shape index (κ1) is 20.8. The van der Waals surface area contributed by atoms with Gasteiger partial charge in [0.2, 0.25) is 0 Å². The summed E-state index contributed by atoms with van der Waals surface area (Å²) in [7, 11) is 1.32. The van der Waals surface area contributed by atoms with Crippen LogP contribution in [-0.4, -0.2) is 46.9 Å². The summed E-state index contributed by atoms with van der Waals surface area (Å²) in [5, 5.41) is 11.2. The van der Waals surface area contributed by atoms with Crippen molar-refractivity contribution in [1.29, 1.82) is 0 Å². The molecule has 0 atom stereocenters. The Balaban J connectivity index is 2.27. The molecule has 0 saturated heterocycles. The van der Waals surface area contributed by atoms with Gasteiger partial charge in [-0.25, -0.2) is 0 Å². The average Bonchev–Trinajstić information content (AvgIpc) is 2.71. The number of nitro groups is 1. The molecule has 148 valence electrons. The minimum atomic E-state index is -0.610. The zero-order valence-electron chi connectivity index (χ0n) is 15.7. The van der Waals surface area contributed by atoms with Gasteiger partial charge in [0.05, 0.1) is 25.1 Å². The van der Waals surface area contributed by atoms with Gasteiger partial charge in [0.25, 0.3) is 5.91 Å². The van der Waals surface area contributed by atoms with Gasteiger partial charge in [-0.2, -0.15) is 0 Å². The monoisotopic (exact) mass is 387 g/mol. The maximum Gasteiger partial charge on any atom is 0.311 e. The second-order valence-corrected chi connectivity index (χ2v) is 5.78. The van der Waals surface area contributed by atoms with Gasteiger partial charge < -0.3 is 14.4 Å². The Morgan fingerprint density at radius 3 is 2.54 bits per heavy atom. The highest BCUT2D eigenvalue weighted by atomic mass is 16.6. The van der Waals surface area contributed by atoms with Gasteiger partial charge in [-0.3, -0.25) is 24.7 Å². The van der Waals surface area contributed by atoms with E-state index in [4.69, 9.17) is 9.47 Å². The lowest BCUT2D eigenvalue weighted by molar-refractivity contribution is -0.385. The molecule has 1 heterocycles. The Bertz CT molecular complexity index is 841. The molecule has 0 unspecified atom stereocenters. The summed E-state index contributed by atoms with van der Waals surface area (Å²) in [6.07, 6.45) is 3.21. The molecule has 0 N–H and O–H groups in total. The number of hydrogen-bond acceptors (Lipinski definition) is 7. The van der Waals surface area contributed by atoms with Crippen molar-refractivity contribution in [2.75, 3.05) is 20.3 Å². The normalized spacial score (nSPS) is 10.2. The molecule has 1 aromatic heterocycles. The van der Waals surface area contributed by atoms with Crippen LogP contribution in [0.5, 0.6) is 5.75 Å². The molecule has 1 aromatic carbocycles. The van der Waals surface area contributed by atoms with Gasteiger partial charge in [0, 0.05) is 37.1 Å². The van der Waals surface area contributed by atoms with Gasteiger partial charge in [0.15, 0.2) is 5.75 Å². The number of methoxy groups -OCH3 is 1. The minimum Gasteiger partial charge on any atom is -0.490 e. The highest BCUT2D eigenvalue weighted by Crippen LogP contribution is 2.28. The molecule has 2 rings (SSSR count). The lowest BCUT2D eigenvalue weighted by Gasteiger charge is -2.22. The Labute approximate surface area is 162 Å². The Hall–Kier alpha value is -3.49. The second-order valence-electron chi connectivity index (χ2n) is 5.78. The first-order valence-electron chi connectivity index (χ1n) is 8.62. The molecule has 28 heavy (non-hydrogen) atoms. The van der Waals surface area contributed by atoms with E-state index in [1.54, 1.807) is 31.5 Å². The van der Waals surface area contributed by atoms with E-state index >= 15 is 0 Å². The van der Waals surface area contributed by atoms with Gasteiger partial charge in [0.1, 0.15) is 0 Å². The van der Waals surface area contributed by atoms with Crippen molar-refractivity contribution < 1.29 is 24.0 Å². The fourth-order valence-corrected chi connectivity index (χ4v) is 2.57. The van der Waals surface area contributed by atoms with Crippen LogP contribution in [0, 0.1) is 10.1 Å². The van der Waals surface area contributed by atoms with Gasteiger partial charge >= 0.3 is 11.7 Å². The van der Waals surface area contributed by atoms with Crippen LogP contribution in [0.15, 0.2) is 42.7 Å². The van der Waals surface area contributed by atoms with Crippen LogP contribution in [0.1, 0.15) is 29.3 Å². The van der Waals surface area contributed by atoms with Crippen LogP contribution >= 0.6 is 0 Å². The number of carbonyl (C=O) groups excluding carboxylic acids is 2. The second kappa shape index (κ2) is 10.0. The van der Waals surface area contributed by atoms with Crippen molar-refractivity contribution >= 4 is 17.6 Å². The summed E-state index contributed by atoms with van der Waals surface area (Å²) in [6.45, 7) is 2.29. The standard InChI is InChI=1S/C19H21N3O6/c1-3-28-18(23)8-11-21(13-14-6-9-20-10-7-14)19(24)15-4-5-17(27-2)16(12-15)22(25)26/h4-7,9-10,12H,3,8,11,13H2,1-2H3. The number of pyridine rings is 1. The van der Waals surface area contributed by atoms with Crippen LogP contribution in [0.3, 0.4) is 0 Å². The van der Waals surface area contributed by atoms with E-state index in [1.165, 1.54) is 30.2 Å². The summed E-state index contributed by atoms with van der Waals surface area (Å²) in [5.74, 6) is -0.795. The molecule has 2 aromatic rings. The van der Waals surface area contributed by atoms with E-state index in [-0.39, 0.29) is 43.1 Å². The number of rotatable bonds is 9. The zero-order valence-corrected chi connectivity index (χ0v) is 15.7. The minimum absolute atomic E-state index is 0.0168. The molecule has 0 saturated carbocycles. The van der Waals surface area contributed by atoms with Crippen LogP contribution in [0.2, 0.25) is 0 Å². The summed E-state index contributed by atoms with van der Waals surface area (Å²) in [5.41, 5.74) is 0.642. The molecule has 0 aliphatic heterocycles. The van der Waals surface area contributed by atoms with Crippen molar-refractivity contribution in [2.45, 2.75) is 19.9 Å². The zero-order chi connectivity index (χ0) is 20.5. The maximum absolute atomic E-state index is 13.0.